The topological polar surface area (TPSA) is 68.2 Å². The summed E-state index contributed by atoms with van der Waals surface area (Å²) in [6, 6.07) is 15.4. The van der Waals surface area contributed by atoms with E-state index in [0.717, 1.165) is 23.3 Å². The molecule has 1 N–H and O–H groups in total. The minimum absolute atomic E-state index is 0.207. The van der Waals surface area contributed by atoms with E-state index in [2.05, 4.69) is 5.32 Å². The van der Waals surface area contributed by atoms with Gasteiger partial charge in [0.2, 0.25) is 0 Å². The zero-order valence-corrected chi connectivity index (χ0v) is 16.2. The van der Waals surface area contributed by atoms with Crippen LogP contribution in [-0.4, -0.2) is 33.0 Å². The maximum atomic E-state index is 12.7. The van der Waals surface area contributed by atoms with Crippen LogP contribution in [0.5, 0.6) is 0 Å². The Labute approximate surface area is 160 Å². The molecule has 0 aliphatic rings. The Bertz CT molecular complexity index is 1120. The summed E-state index contributed by atoms with van der Waals surface area (Å²) in [7, 11) is 2.81. The molecule has 3 rings (SSSR count). The maximum absolute atomic E-state index is 12.7. The van der Waals surface area contributed by atoms with Crippen molar-refractivity contribution in [3.63, 3.8) is 0 Å². The second kappa shape index (κ2) is 7.08. The summed E-state index contributed by atoms with van der Waals surface area (Å²) < 4.78 is 25.0. The molecule has 0 bridgehead atoms. The van der Waals surface area contributed by atoms with Crippen molar-refractivity contribution >= 4 is 34.7 Å². The number of hydrogen-bond donors (Lipinski definition) is 1. The molecule has 136 valence electrons. The number of benzene rings is 2. The average Bonchev–Trinajstić information content (AvgIpc) is 2.90. The van der Waals surface area contributed by atoms with Crippen LogP contribution in [-0.2, 0) is 9.84 Å². The first-order valence-electron chi connectivity index (χ1n) is 8.34. The van der Waals surface area contributed by atoms with Gasteiger partial charge in [-0.2, -0.15) is 0 Å². The van der Waals surface area contributed by atoms with Gasteiger partial charge in [-0.15, -0.1) is 0 Å². The van der Waals surface area contributed by atoms with Crippen molar-refractivity contribution in [1.82, 2.24) is 4.57 Å². The number of hydrogen-bond acceptors (Lipinski definition) is 3. The van der Waals surface area contributed by atoms with Gasteiger partial charge in [0.25, 0.3) is 5.91 Å². The van der Waals surface area contributed by atoms with Gasteiger partial charge in [0.1, 0.15) is 7.85 Å². The van der Waals surface area contributed by atoms with Crippen LogP contribution in [0.4, 0.5) is 5.69 Å². The zero-order valence-electron chi connectivity index (χ0n) is 15.4. The van der Waals surface area contributed by atoms with Gasteiger partial charge < -0.3 is 9.88 Å². The molecule has 0 saturated heterocycles. The SMILES string of the molecule is [B]c1ccccc1-n1c(C)cc(C(=O)Nc2ccc(S(C)(=O)=O)cc2)c1C. The van der Waals surface area contributed by atoms with Crippen molar-refractivity contribution in [3.8, 4) is 5.69 Å². The molecule has 0 unspecified atom stereocenters. The lowest BCUT2D eigenvalue weighted by molar-refractivity contribution is 0.102. The number of amides is 1. The van der Waals surface area contributed by atoms with Crippen molar-refractivity contribution < 1.29 is 13.2 Å². The molecule has 0 aliphatic carbocycles. The van der Waals surface area contributed by atoms with Gasteiger partial charge in [-0.3, -0.25) is 4.79 Å². The Morgan fingerprint density at radius 2 is 1.67 bits per heavy atom. The molecule has 0 fully saturated rings. The number of carbonyl (C=O) groups excluding carboxylic acids is 1. The summed E-state index contributed by atoms with van der Waals surface area (Å²) in [4.78, 5) is 12.9. The Morgan fingerprint density at radius 3 is 2.26 bits per heavy atom. The smallest absolute Gasteiger partial charge is 0.257 e. The van der Waals surface area contributed by atoms with Gasteiger partial charge in [0, 0.05) is 29.0 Å². The van der Waals surface area contributed by atoms with E-state index >= 15 is 0 Å². The molecule has 1 aromatic heterocycles. The highest BCUT2D eigenvalue weighted by molar-refractivity contribution is 7.90. The number of aryl methyl sites for hydroxylation is 1. The summed E-state index contributed by atoms with van der Waals surface area (Å²) in [5, 5.41) is 2.81. The van der Waals surface area contributed by atoms with Gasteiger partial charge in [-0.05, 0) is 50.2 Å². The van der Waals surface area contributed by atoms with Crippen molar-refractivity contribution in [2.24, 2.45) is 0 Å². The second-order valence-electron chi connectivity index (χ2n) is 6.43. The molecular formula is C20H19BN2O3S. The number of aromatic nitrogens is 1. The molecule has 7 heteroatoms. The minimum Gasteiger partial charge on any atom is -0.322 e. The number of carbonyl (C=O) groups is 1. The molecule has 1 amide bonds. The van der Waals surface area contributed by atoms with E-state index < -0.39 is 9.84 Å². The fraction of sp³-hybridized carbons (Fsp3) is 0.150. The van der Waals surface area contributed by atoms with Crippen LogP contribution >= 0.6 is 0 Å². The summed E-state index contributed by atoms with van der Waals surface area (Å²) >= 11 is 0. The monoisotopic (exact) mass is 378 g/mol. The van der Waals surface area contributed by atoms with E-state index in [4.69, 9.17) is 7.85 Å². The van der Waals surface area contributed by atoms with Gasteiger partial charge in [-0.25, -0.2) is 8.42 Å². The van der Waals surface area contributed by atoms with Crippen molar-refractivity contribution in [2.45, 2.75) is 18.7 Å². The highest BCUT2D eigenvalue weighted by atomic mass is 32.2. The van der Waals surface area contributed by atoms with E-state index in [-0.39, 0.29) is 10.8 Å². The summed E-state index contributed by atoms with van der Waals surface area (Å²) in [6.45, 7) is 3.78. The fourth-order valence-corrected chi connectivity index (χ4v) is 3.67. The third kappa shape index (κ3) is 3.83. The molecule has 2 aromatic carbocycles. The lowest BCUT2D eigenvalue weighted by atomic mass is 9.94. The molecule has 3 aromatic rings. The number of rotatable bonds is 4. The molecule has 1 heterocycles. The quantitative estimate of drug-likeness (QED) is 0.710. The van der Waals surface area contributed by atoms with Gasteiger partial charge in [0.15, 0.2) is 9.84 Å². The Hall–Kier alpha value is -2.80. The molecule has 5 nitrogen and oxygen atoms in total. The van der Waals surface area contributed by atoms with E-state index in [1.165, 1.54) is 12.1 Å². The highest BCUT2D eigenvalue weighted by Gasteiger charge is 2.17. The largest absolute Gasteiger partial charge is 0.322 e. The van der Waals surface area contributed by atoms with Crippen LogP contribution in [0, 0.1) is 13.8 Å². The predicted molar refractivity (Wildman–Crippen MR) is 108 cm³/mol. The van der Waals surface area contributed by atoms with Crippen LogP contribution in [0.1, 0.15) is 21.7 Å². The Balaban J connectivity index is 1.90. The zero-order chi connectivity index (χ0) is 19.8. The third-order valence-electron chi connectivity index (χ3n) is 4.39. The van der Waals surface area contributed by atoms with Crippen LogP contribution in [0.3, 0.4) is 0 Å². The highest BCUT2D eigenvalue weighted by Crippen LogP contribution is 2.21. The molecule has 0 saturated carbocycles. The molecule has 0 atom stereocenters. The lowest BCUT2D eigenvalue weighted by Crippen LogP contribution is -2.16. The van der Waals surface area contributed by atoms with E-state index in [9.17, 15) is 13.2 Å². The predicted octanol–water partition coefficient (Wildman–Crippen LogP) is 2.54. The summed E-state index contributed by atoms with van der Waals surface area (Å²) in [5.41, 5.74) is 4.17. The third-order valence-corrected chi connectivity index (χ3v) is 5.52. The fourth-order valence-electron chi connectivity index (χ4n) is 3.04. The normalized spacial score (nSPS) is 11.4. The van der Waals surface area contributed by atoms with Gasteiger partial charge >= 0.3 is 0 Å². The number of sulfone groups is 1. The lowest BCUT2D eigenvalue weighted by Gasteiger charge is -2.13. The molecular weight excluding hydrogens is 359 g/mol. The second-order valence-corrected chi connectivity index (χ2v) is 8.45. The van der Waals surface area contributed by atoms with Crippen LogP contribution in [0.15, 0.2) is 59.5 Å². The van der Waals surface area contributed by atoms with Crippen molar-refractivity contribution in [2.75, 3.05) is 11.6 Å². The summed E-state index contributed by atoms with van der Waals surface area (Å²) in [5.74, 6) is -0.268. The number of nitrogens with one attached hydrogen (secondary N) is 1. The molecule has 0 aliphatic heterocycles. The first-order chi connectivity index (χ1) is 12.7. The number of anilines is 1. The van der Waals surface area contributed by atoms with Gasteiger partial charge in [0.05, 0.1) is 10.5 Å². The first kappa shape index (κ1) is 19.0. The standard InChI is InChI=1S/C20H19BN2O3S/c1-13-12-17(14(2)23(13)19-7-5-4-6-18(19)21)20(24)22-15-8-10-16(11-9-15)27(3,25)26/h4-12H,1-3H3,(H,22,24). The first-order valence-corrected chi connectivity index (χ1v) is 10.2. The van der Waals surface area contributed by atoms with Crippen LogP contribution in [0.25, 0.3) is 5.69 Å². The average molecular weight is 378 g/mol. The van der Waals surface area contributed by atoms with Crippen LogP contribution < -0.4 is 10.8 Å². The van der Waals surface area contributed by atoms with E-state index in [1.54, 1.807) is 12.1 Å². The number of para-hydroxylation sites is 1. The van der Waals surface area contributed by atoms with E-state index in [1.807, 2.05) is 48.7 Å². The number of nitrogens with zero attached hydrogens (tertiary/aromatic N) is 1. The Morgan fingerprint density at radius 1 is 1.04 bits per heavy atom. The minimum atomic E-state index is -3.27. The maximum Gasteiger partial charge on any atom is 0.257 e. The van der Waals surface area contributed by atoms with Crippen molar-refractivity contribution in [1.29, 1.82) is 0 Å². The Kier molecular flexibility index (Phi) is 4.98. The van der Waals surface area contributed by atoms with E-state index in [0.29, 0.717) is 16.7 Å². The molecule has 0 spiro atoms. The van der Waals surface area contributed by atoms with Crippen LogP contribution in [0.2, 0.25) is 0 Å². The molecule has 2 radical (unpaired) electrons. The van der Waals surface area contributed by atoms with Crippen molar-refractivity contribution in [3.05, 3.63) is 71.5 Å². The van der Waals surface area contributed by atoms with Gasteiger partial charge in [-0.1, -0.05) is 23.7 Å². The molecule has 27 heavy (non-hydrogen) atoms. The summed E-state index contributed by atoms with van der Waals surface area (Å²) in [6.07, 6.45) is 1.14.